The van der Waals surface area contributed by atoms with Crippen molar-refractivity contribution in [1.82, 2.24) is 14.8 Å². The Morgan fingerprint density at radius 1 is 1.47 bits per heavy atom. The summed E-state index contributed by atoms with van der Waals surface area (Å²) in [5.74, 6) is 0.864. The Morgan fingerprint density at radius 3 is 2.84 bits per heavy atom. The number of rotatable bonds is 3. The van der Waals surface area contributed by atoms with Crippen LogP contribution in [0.1, 0.15) is 23.2 Å². The highest BCUT2D eigenvalue weighted by molar-refractivity contribution is 5.94. The number of piperidine rings is 1. The predicted molar refractivity (Wildman–Crippen MR) is 76.4 cm³/mol. The highest BCUT2D eigenvalue weighted by atomic mass is 16.2. The van der Waals surface area contributed by atoms with E-state index in [1.165, 1.54) is 0 Å². The van der Waals surface area contributed by atoms with Gasteiger partial charge in [-0.15, -0.1) is 0 Å². The molecule has 1 aliphatic heterocycles. The number of pyridine rings is 1. The monoisotopic (exact) mass is 262 g/mol. The van der Waals surface area contributed by atoms with Crippen LogP contribution in [0, 0.1) is 0 Å². The van der Waals surface area contributed by atoms with Crippen LogP contribution >= 0.6 is 0 Å². The first-order valence-corrected chi connectivity index (χ1v) is 6.71. The average molecular weight is 262 g/mol. The van der Waals surface area contributed by atoms with Gasteiger partial charge in [0.25, 0.3) is 5.91 Å². The van der Waals surface area contributed by atoms with Gasteiger partial charge >= 0.3 is 0 Å². The maximum absolute atomic E-state index is 12.4. The van der Waals surface area contributed by atoms with Gasteiger partial charge in [-0.2, -0.15) is 0 Å². The summed E-state index contributed by atoms with van der Waals surface area (Å²) in [4.78, 5) is 20.7. The summed E-state index contributed by atoms with van der Waals surface area (Å²) in [6.07, 6.45) is 3.87. The lowest BCUT2D eigenvalue weighted by atomic mass is 10.0. The number of hydrogen-bond acceptors (Lipinski definition) is 4. The topological polar surface area (TPSA) is 48.5 Å². The van der Waals surface area contributed by atoms with E-state index in [-0.39, 0.29) is 5.91 Å². The minimum absolute atomic E-state index is 0.0849. The lowest BCUT2D eigenvalue weighted by Crippen LogP contribution is -2.47. The van der Waals surface area contributed by atoms with E-state index >= 15 is 0 Å². The van der Waals surface area contributed by atoms with Crippen molar-refractivity contribution in [2.75, 3.05) is 39.5 Å². The third kappa shape index (κ3) is 3.23. The number of carbonyl (C=O) groups is 1. The first-order chi connectivity index (χ1) is 9.11. The summed E-state index contributed by atoms with van der Waals surface area (Å²) in [5, 5.41) is 2.95. The van der Waals surface area contributed by atoms with Gasteiger partial charge in [0, 0.05) is 32.4 Å². The van der Waals surface area contributed by atoms with Crippen molar-refractivity contribution in [1.29, 1.82) is 0 Å². The fourth-order valence-corrected chi connectivity index (χ4v) is 2.41. The van der Waals surface area contributed by atoms with E-state index in [1.807, 2.05) is 24.1 Å². The molecule has 0 bridgehead atoms. The standard InChI is InChI=1S/C14H22N4O/c1-15-13-7-6-11(9-16-13)14(19)18-8-4-5-12(10-18)17(2)3/h6-7,9,12H,4-5,8,10H2,1-3H3,(H,15,16). The SMILES string of the molecule is CNc1ccc(C(=O)N2CCCC(N(C)C)C2)cn1. The van der Waals surface area contributed by atoms with Crippen molar-refractivity contribution < 1.29 is 4.79 Å². The third-order valence-corrected chi connectivity index (χ3v) is 3.68. The molecule has 19 heavy (non-hydrogen) atoms. The molecule has 0 aromatic carbocycles. The van der Waals surface area contributed by atoms with Crippen LogP contribution in [0.2, 0.25) is 0 Å². The quantitative estimate of drug-likeness (QED) is 0.891. The molecule has 0 radical (unpaired) electrons. The Balaban J connectivity index is 2.05. The number of likely N-dealkylation sites (tertiary alicyclic amines) is 1. The fraction of sp³-hybridized carbons (Fsp3) is 0.571. The molecule has 1 N–H and O–H groups in total. The molecule has 5 heteroatoms. The second-order valence-electron chi connectivity index (χ2n) is 5.19. The van der Waals surface area contributed by atoms with Gasteiger partial charge in [0.05, 0.1) is 5.56 Å². The van der Waals surface area contributed by atoms with E-state index in [0.717, 1.165) is 31.7 Å². The summed E-state index contributed by atoms with van der Waals surface area (Å²) in [6.45, 7) is 1.65. The third-order valence-electron chi connectivity index (χ3n) is 3.68. The van der Waals surface area contributed by atoms with E-state index in [1.54, 1.807) is 6.20 Å². The van der Waals surface area contributed by atoms with Crippen LogP contribution < -0.4 is 5.32 Å². The Kier molecular flexibility index (Phi) is 4.37. The highest BCUT2D eigenvalue weighted by Crippen LogP contribution is 2.16. The molecule has 2 heterocycles. The molecule has 2 rings (SSSR count). The Labute approximate surface area is 114 Å². The number of aromatic nitrogens is 1. The molecule has 0 spiro atoms. The lowest BCUT2D eigenvalue weighted by Gasteiger charge is -2.36. The Morgan fingerprint density at radius 2 is 2.26 bits per heavy atom. The number of carbonyl (C=O) groups excluding carboxylic acids is 1. The highest BCUT2D eigenvalue weighted by Gasteiger charge is 2.25. The van der Waals surface area contributed by atoms with Crippen molar-refractivity contribution in [3.8, 4) is 0 Å². The molecule has 1 saturated heterocycles. The number of likely N-dealkylation sites (N-methyl/N-ethyl adjacent to an activating group) is 1. The lowest BCUT2D eigenvalue weighted by molar-refractivity contribution is 0.0635. The van der Waals surface area contributed by atoms with Crippen molar-refractivity contribution in [2.45, 2.75) is 18.9 Å². The van der Waals surface area contributed by atoms with Gasteiger partial charge in [-0.25, -0.2) is 4.98 Å². The molecule has 104 valence electrons. The summed E-state index contributed by atoms with van der Waals surface area (Å²) < 4.78 is 0. The second-order valence-corrected chi connectivity index (χ2v) is 5.19. The van der Waals surface area contributed by atoms with Gasteiger partial charge in [0.1, 0.15) is 5.82 Å². The van der Waals surface area contributed by atoms with Crippen LogP contribution in [-0.2, 0) is 0 Å². The van der Waals surface area contributed by atoms with Crippen molar-refractivity contribution in [3.05, 3.63) is 23.9 Å². The zero-order valence-electron chi connectivity index (χ0n) is 11.9. The van der Waals surface area contributed by atoms with Gasteiger partial charge in [-0.3, -0.25) is 4.79 Å². The fourth-order valence-electron chi connectivity index (χ4n) is 2.41. The minimum atomic E-state index is 0.0849. The largest absolute Gasteiger partial charge is 0.373 e. The van der Waals surface area contributed by atoms with E-state index < -0.39 is 0 Å². The maximum atomic E-state index is 12.4. The van der Waals surface area contributed by atoms with E-state index in [4.69, 9.17) is 0 Å². The average Bonchev–Trinajstić information content (AvgIpc) is 2.46. The number of nitrogens with zero attached hydrogens (tertiary/aromatic N) is 3. The Hall–Kier alpha value is -1.62. The number of hydrogen-bond donors (Lipinski definition) is 1. The van der Waals surface area contributed by atoms with Crippen LogP contribution in [0.25, 0.3) is 0 Å². The smallest absolute Gasteiger partial charge is 0.255 e. The van der Waals surface area contributed by atoms with Gasteiger partial charge in [-0.1, -0.05) is 0 Å². The Bertz CT molecular complexity index is 430. The minimum Gasteiger partial charge on any atom is -0.373 e. The van der Waals surface area contributed by atoms with Crippen molar-refractivity contribution >= 4 is 11.7 Å². The van der Waals surface area contributed by atoms with E-state index in [0.29, 0.717) is 11.6 Å². The first-order valence-electron chi connectivity index (χ1n) is 6.71. The predicted octanol–water partition coefficient (Wildman–Crippen LogP) is 1.29. The summed E-state index contributed by atoms with van der Waals surface area (Å²) in [6, 6.07) is 4.13. The van der Waals surface area contributed by atoms with Crippen LogP contribution in [0.5, 0.6) is 0 Å². The maximum Gasteiger partial charge on any atom is 0.255 e. The van der Waals surface area contributed by atoms with Crippen LogP contribution in [0.15, 0.2) is 18.3 Å². The second kappa shape index (κ2) is 6.02. The molecule has 1 aromatic heterocycles. The summed E-state index contributed by atoms with van der Waals surface area (Å²) >= 11 is 0. The van der Waals surface area contributed by atoms with Crippen molar-refractivity contribution in [3.63, 3.8) is 0 Å². The first kappa shape index (κ1) is 13.8. The van der Waals surface area contributed by atoms with Crippen LogP contribution in [0.4, 0.5) is 5.82 Å². The molecule has 0 aliphatic carbocycles. The van der Waals surface area contributed by atoms with Gasteiger partial charge in [-0.05, 0) is 39.1 Å². The molecule has 1 aromatic rings. The molecule has 1 fully saturated rings. The number of anilines is 1. The number of nitrogens with one attached hydrogen (secondary N) is 1. The van der Waals surface area contributed by atoms with Crippen LogP contribution in [0.3, 0.4) is 0 Å². The zero-order valence-corrected chi connectivity index (χ0v) is 11.9. The normalized spacial score (nSPS) is 19.6. The molecule has 1 atom stereocenters. The molecule has 1 aliphatic rings. The van der Waals surface area contributed by atoms with E-state index in [2.05, 4.69) is 29.3 Å². The summed E-state index contributed by atoms with van der Waals surface area (Å²) in [7, 11) is 5.96. The molecular weight excluding hydrogens is 240 g/mol. The number of amides is 1. The van der Waals surface area contributed by atoms with Crippen LogP contribution in [-0.4, -0.2) is 61.0 Å². The molecule has 1 amide bonds. The molecule has 1 unspecified atom stereocenters. The van der Waals surface area contributed by atoms with Crippen molar-refractivity contribution in [2.24, 2.45) is 0 Å². The molecular formula is C14H22N4O. The summed E-state index contributed by atoms with van der Waals surface area (Å²) in [5.41, 5.74) is 0.665. The molecule has 5 nitrogen and oxygen atoms in total. The van der Waals surface area contributed by atoms with E-state index in [9.17, 15) is 4.79 Å². The zero-order chi connectivity index (χ0) is 13.8. The molecule has 0 saturated carbocycles. The van der Waals surface area contributed by atoms with Gasteiger partial charge in [0.15, 0.2) is 0 Å². The van der Waals surface area contributed by atoms with Gasteiger partial charge < -0.3 is 15.1 Å². The van der Waals surface area contributed by atoms with Gasteiger partial charge in [0.2, 0.25) is 0 Å².